The molecule has 0 spiro atoms. The van der Waals surface area contributed by atoms with Gasteiger partial charge in [0, 0.05) is 12.1 Å². The maximum absolute atomic E-state index is 13.4. The molecule has 1 aromatic carbocycles. The lowest BCUT2D eigenvalue weighted by Gasteiger charge is -2.24. The average Bonchev–Trinajstić information content (AvgIpc) is 2.35. The number of rotatable bonds is 5. The molecular weight excluding hydrogens is 274 g/mol. The molecule has 0 saturated heterocycles. The average molecular weight is 291 g/mol. The number of amides is 1. The molecule has 0 aliphatic heterocycles. The van der Waals surface area contributed by atoms with Crippen molar-refractivity contribution in [2.45, 2.75) is 32.9 Å². The van der Waals surface area contributed by atoms with Crippen LogP contribution in [-0.2, 0) is 0 Å². The summed E-state index contributed by atoms with van der Waals surface area (Å²) in [5.74, 6) is -1.40. The summed E-state index contributed by atoms with van der Waals surface area (Å²) in [5.41, 5.74) is 0.283. The number of nitrogens with zero attached hydrogens (tertiary/aromatic N) is 1. The zero-order valence-corrected chi connectivity index (χ0v) is 11.4. The number of halogens is 4. The van der Waals surface area contributed by atoms with Crippen molar-refractivity contribution in [1.82, 2.24) is 4.90 Å². The first-order chi connectivity index (χ1) is 9.24. The Morgan fingerprint density at radius 3 is 2.45 bits per heavy atom. The zero-order chi connectivity index (χ0) is 15.3. The van der Waals surface area contributed by atoms with Crippen LogP contribution in [0.5, 0.6) is 0 Å². The standard InChI is InChI=1S/C14H17F4NO/c1-3-4-7-19(9-14(16,17)18)13(20)11-6-5-10(2)12(15)8-11/h5-6,8H,3-4,7,9H2,1-2H3. The van der Waals surface area contributed by atoms with Crippen LogP contribution in [0.25, 0.3) is 0 Å². The van der Waals surface area contributed by atoms with E-state index in [0.29, 0.717) is 23.3 Å². The van der Waals surface area contributed by atoms with Crippen LogP contribution in [0, 0.1) is 12.7 Å². The first-order valence-corrected chi connectivity index (χ1v) is 6.36. The fraction of sp³-hybridized carbons (Fsp3) is 0.500. The van der Waals surface area contributed by atoms with Gasteiger partial charge in [-0.15, -0.1) is 0 Å². The van der Waals surface area contributed by atoms with Gasteiger partial charge in [-0.2, -0.15) is 13.2 Å². The minimum atomic E-state index is -4.47. The molecule has 1 aromatic rings. The highest BCUT2D eigenvalue weighted by Crippen LogP contribution is 2.19. The van der Waals surface area contributed by atoms with E-state index in [2.05, 4.69) is 0 Å². The molecule has 112 valence electrons. The van der Waals surface area contributed by atoms with Crippen molar-refractivity contribution in [3.05, 3.63) is 35.1 Å². The van der Waals surface area contributed by atoms with Gasteiger partial charge in [0.1, 0.15) is 12.4 Å². The molecule has 0 aliphatic carbocycles. The lowest BCUT2D eigenvalue weighted by molar-refractivity contribution is -0.140. The Bertz CT molecular complexity index is 471. The van der Waals surface area contributed by atoms with Gasteiger partial charge in [-0.25, -0.2) is 4.39 Å². The maximum atomic E-state index is 13.4. The second kappa shape index (κ2) is 6.72. The quantitative estimate of drug-likeness (QED) is 0.752. The summed E-state index contributed by atoms with van der Waals surface area (Å²) in [7, 11) is 0. The first-order valence-electron chi connectivity index (χ1n) is 6.36. The van der Waals surface area contributed by atoms with Gasteiger partial charge in [0.15, 0.2) is 0 Å². The number of alkyl halides is 3. The van der Waals surface area contributed by atoms with Crippen molar-refractivity contribution < 1.29 is 22.4 Å². The van der Waals surface area contributed by atoms with Crippen LogP contribution in [0.15, 0.2) is 18.2 Å². The van der Waals surface area contributed by atoms with Gasteiger partial charge in [-0.05, 0) is 31.0 Å². The Morgan fingerprint density at radius 1 is 1.30 bits per heavy atom. The van der Waals surface area contributed by atoms with Gasteiger partial charge in [0.2, 0.25) is 0 Å². The third kappa shape index (κ3) is 4.83. The molecule has 1 rings (SSSR count). The van der Waals surface area contributed by atoms with Crippen LogP contribution >= 0.6 is 0 Å². The van der Waals surface area contributed by atoms with E-state index >= 15 is 0 Å². The Kier molecular flexibility index (Phi) is 5.53. The molecule has 0 aromatic heterocycles. The lowest BCUT2D eigenvalue weighted by Crippen LogP contribution is -2.39. The molecule has 0 saturated carbocycles. The predicted molar refractivity (Wildman–Crippen MR) is 68.0 cm³/mol. The Morgan fingerprint density at radius 2 is 1.95 bits per heavy atom. The summed E-state index contributed by atoms with van der Waals surface area (Å²) in [4.78, 5) is 12.8. The lowest BCUT2D eigenvalue weighted by atomic mass is 10.1. The molecule has 0 N–H and O–H groups in total. The summed E-state index contributed by atoms with van der Waals surface area (Å²) in [6, 6.07) is 3.71. The van der Waals surface area contributed by atoms with Gasteiger partial charge in [0.05, 0.1) is 0 Å². The van der Waals surface area contributed by atoms with Gasteiger partial charge in [0.25, 0.3) is 5.91 Å². The van der Waals surface area contributed by atoms with Crippen LogP contribution in [0.3, 0.4) is 0 Å². The fourth-order valence-electron chi connectivity index (χ4n) is 1.73. The number of aryl methyl sites for hydroxylation is 1. The molecule has 0 heterocycles. The third-order valence-corrected chi connectivity index (χ3v) is 2.86. The molecule has 0 aliphatic rings. The highest BCUT2D eigenvalue weighted by Gasteiger charge is 2.33. The van der Waals surface area contributed by atoms with Crippen LogP contribution in [-0.4, -0.2) is 30.1 Å². The highest BCUT2D eigenvalue weighted by molar-refractivity contribution is 5.94. The topological polar surface area (TPSA) is 20.3 Å². The Hall–Kier alpha value is -1.59. The molecule has 2 nitrogen and oxygen atoms in total. The number of hydrogen-bond acceptors (Lipinski definition) is 1. The van der Waals surface area contributed by atoms with Gasteiger partial charge >= 0.3 is 6.18 Å². The van der Waals surface area contributed by atoms with E-state index < -0.39 is 24.4 Å². The highest BCUT2D eigenvalue weighted by atomic mass is 19.4. The molecule has 20 heavy (non-hydrogen) atoms. The van der Waals surface area contributed by atoms with E-state index in [4.69, 9.17) is 0 Å². The van der Waals surface area contributed by atoms with Gasteiger partial charge in [-0.3, -0.25) is 4.79 Å². The van der Waals surface area contributed by atoms with Crippen LogP contribution < -0.4 is 0 Å². The minimum absolute atomic E-state index is 0.00430. The van der Waals surface area contributed by atoms with Crippen molar-refractivity contribution in [3.8, 4) is 0 Å². The van der Waals surface area contributed by atoms with Gasteiger partial charge < -0.3 is 4.90 Å². The van der Waals surface area contributed by atoms with E-state index in [-0.39, 0.29) is 12.1 Å². The van der Waals surface area contributed by atoms with Crippen LogP contribution in [0.1, 0.15) is 35.7 Å². The summed E-state index contributed by atoms with van der Waals surface area (Å²) in [6.45, 7) is 2.03. The third-order valence-electron chi connectivity index (χ3n) is 2.86. The summed E-state index contributed by atoms with van der Waals surface area (Å²) in [6.07, 6.45) is -3.33. The fourth-order valence-corrected chi connectivity index (χ4v) is 1.73. The molecule has 0 fully saturated rings. The summed E-state index contributed by atoms with van der Waals surface area (Å²) < 4.78 is 50.9. The van der Waals surface area contributed by atoms with Crippen LogP contribution in [0.2, 0.25) is 0 Å². The van der Waals surface area contributed by atoms with Crippen molar-refractivity contribution in [1.29, 1.82) is 0 Å². The zero-order valence-electron chi connectivity index (χ0n) is 11.4. The molecule has 0 atom stereocenters. The van der Waals surface area contributed by atoms with Crippen molar-refractivity contribution in [2.24, 2.45) is 0 Å². The van der Waals surface area contributed by atoms with E-state index in [9.17, 15) is 22.4 Å². The van der Waals surface area contributed by atoms with Crippen molar-refractivity contribution in [2.75, 3.05) is 13.1 Å². The van der Waals surface area contributed by atoms with E-state index in [0.717, 1.165) is 6.07 Å². The van der Waals surface area contributed by atoms with Crippen molar-refractivity contribution >= 4 is 5.91 Å². The molecule has 0 bridgehead atoms. The number of unbranched alkanes of at least 4 members (excludes halogenated alkanes) is 1. The van der Waals surface area contributed by atoms with Crippen molar-refractivity contribution in [3.63, 3.8) is 0 Å². The number of benzene rings is 1. The summed E-state index contributed by atoms with van der Waals surface area (Å²) in [5, 5.41) is 0. The smallest absolute Gasteiger partial charge is 0.330 e. The molecule has 0 unspecified atom stereocenters. The second-order valence-electron chi connectivity index (χ2n) is 4.66. The Labute approximate surface area is 115 Å². The predicted octanol–water partition coefficient (Wildman–Crippen LogP) is 3.94. The monoisotopic (exact) mass is 291 g/mol. The molecule has 6 heteroatoms. The SMILES string of the molecule is CCCCN(CC(F)(F)F)C(=O)c1ccc(C)c(F)c1. The number of carbonyl (C=O) groups is 1. The van der Waals surface area contributed by atoms with Gasteiger partial charge in [-0.1, -0.05) is 19.4 Å². The van der Waals surface area contributed by atoms with Crippen LogP contribution in [0.4, 0.5) is 17.6 Å². The minimum Gasteiger partial charge on any atom is -0.330 e. The Balaban J connectivity index is 2.93. The molecule has 0 radical (unpaired) electrons. The maximum Gasteiger partial charge on any atom is 0.406 e. The largest absolute Gasteiger partial charge is 0.406 e. The number of hydrogen-bond donors (Lipinski definition) is 0. The first kappa shape index (κ1) is 16.5. The summed E-state index contributed by atoms with van der Waals surface area (Å²) >= 11 is 0. The molecular formula is C14H17F4NO. The van der Waals surface area contributed by atoms with E-state index in [1.54, 1.807) is 0 Å². The van der Waals surface area contributed by atoms with E-state index in [1.165, 1.54) is 19.1 Å². The second-order valence-corrected chi connectivity index (χ2v) is 4.66. The van der Waals surface area contributed by atoms with E-state index in [1.807, 2.05) is 6.92 Å². The number of carbonyl (C=O) groups excluding carboxylic acids is 1. The normalized spacial score (nSPS) is 11.5. The molecule has 1 amide bonds.